The van der Waals surface area contributed by atoms with E-state index in [4.69, 9.17) is 5.26 Å². The molecule has 0 aliphatic heterocycles. The van der Waals surface area contributed by atoms with Gasteiger partial charge in [0.1, 0.15) is 6.33 Å². The van der Waals surface area contributed by atoms with Crippen LogP contribution in [0.2, 0.25) is 0 Å². The standard InChI is InChI=1S/C15H11F6N5O2/c1-13(28,6-26-7-23-11(25-26)15(19,20)21)12(27)24-9-3-2-8(5-22)10(4-9)14(16,17)18/h2-4,7,28H,6H2,1H3,(H,24,27). The van der Waals surface area contributed by atoms with E-state index in [2.05, 4.69) is 10.1 Å². The first-order chi connectivity index (χ1) is 12.7. The number of aromatic nitrogens is 3. The Labute approximate surface area is 153 Å². The fourth-order valence-corrected chi connectivity index (χ4v) is 2.11. The molecule has 28 heavy (non-hydrogen) atoms. The van der Waals surface area contributed by atoms with Gasteiger partial charge in [-0.05, 0) is 25.1 Å². The Morgan fingerprint density at radius 1 is 1.25 bits per heavy atom. The Morgan fingerprint density at radius 2 is 1.89 bits per heavy atom. The molecule has 13 heteroatoms. The van der Waals surface area contributed by atoms with Gasteiger partial charge >= 0.3 is 12.4 Å². The van der Waals surface area contributed by atoms with Gasteiger partial charge in [-0.15, -0.1) is 5.10 Å². The van der Waals surface area contributed by atoms with Crippen molar-refractivity contribution >= 4 is 11.6 Å². The van der Waals surface area contributed by atoms with Gasteiger partial charge in [-0.25, -0.2) is 9.67 Å². The summed E-state index contributed by atoms with van der Waals surface area (Å²) in [6.45, 7) is 0.190. The maximum atomic E-state index is 12.9. The van der Waals surface area contributed by atoms with E-state index in [0.29, 0.717) is 17.1 Å². The lowest BCUT2D eigenvalue weighted by molar-refractivity contribution is -0.145. The Morgan fingerprint density at radius 3 is 2.39 bits per heavy atom. The second kappa shape index (κ2) is 7.12. The SMILES string of the molecule is CC(O)(Cn1cnc(C(F)(F)F)n1)C(=O)Nc1ccc(C#N)c(C(F)(F)F)c1. The summed E-state index contributed by atoms with van der Waals surface area (Å²) < 4.78 is 76.9. The van der Waals surface area contributed by atoms with Gasteiger partial charge in [-0.3, -0.25) is 4.79 Å². The molecule has 0 saturated carbocycles. The molecule has 1 aromatic heterocycles. The van der Waals surface area contributed by atoms with Crippen LogP contribution in [-0.4, -0.2) is 31.4 Å². The van der Waals surface area contributed by atoms with E-state index in [-0.39, 0.29) is 5.69 Å². The smallest absolute Gasteiger partial charge is 0.378 e. The van der Waals surface area contributed by atoms with Gasteiger partial charge in [0, 0.05) is 5.69 Å². The zero-order valence-electron chi connectivity index (χ0n) is 13.9. The molecule has 2 aromatic rings. The minimum Gasteiger partial charge on any atom is -0.378 e. The second-order valence-corrected chi connectivity index (χ2v) is 5.86. The zero-order chi connectivity index (χ0) is 21.3. The van der Waals surface area contributed by atoms with Crippen molar-refractivity contribution in [3.05, 3.63) is 41.5 Å². The van der Waals surface area contributed by atoms with Crippen molar-refractivity contribution < 1.29 is 36.2 Å². The number of hydrogen-bond acceptors (Lipinski definition) is 5. The highest BCUT2D eigenvalue weighted by Crippen LogP contribution is 2.33. The van der Waals surface area contributed by atoms with E-state index in [0.717, 1.165) is 19.1 Å². The zero-order valence-corrected chi connectivity index (χ0v) is 13.9. The summed E-state index contributed by atoms with van der Waals surface area (Å²) in [7, 11) is 0. The number of nitrogens with zero attached hydrogens (tertiary/aromatic N) is 4. The fourth-order valence-electron chi connectivity index (χ4n) is 2.11. The van der Waals surface area contributed by atoms with Crippen LogP contribution in [0.1, 0.15) is 23.9 Å². The maximum absolute atomic E-state index is 12.9. The highest BCUT2D eigenvalue weighted by molar-refractivity contribution is 5.96. The largest absolute Gasteiger partial charge is 0.453 e. The number of aliphatic hydroxyl groups is 1. The lowest BCUT2D eigenvalue weighted by Gasteiger charge is -2.22. The number of nitrogens with one attached hydrogen (secondary N) is 1. The molecule has 0 spiro atoms. The van der Waals surface area contributed by atoms with E-state index in [1.165, 1.54) is 6.07 Å². The predicted octanol–water partition coefficient (Wildman–Crippen LogP) is 2.58. The second-order valence-electron chi connectivity index (χ2n) is 5.86. The summed E-state index contributed by atoms with van der Waals surface area (Å²) in [5.41, 5.74) is -4.66. The molecule has 1 atom stereocenters. The molecule has 1 amide bonds. The molecule has 7 nitrogen and oxygen atoms in total. The number of benzene rings is 1. The predicted molar refractivity (Wildman–Crippen MR) is 80.4 cm³/mol. The first-order valence-electron chi connectivity index (χ1n) is 7.36. The highest BCUT2D eigenvalue weighted by Gasteiger charge is 2.38. The van der Waals surface area contributed by atoms with E-state index >= 15 is 0 Å². The number of anilines is 1. The molecule has 1 heterocycles. The van der Waals surface area contributed by atoms with E-state index in [9.17, 15) is 36.2 Å². The summed E-state index contributed by atoms with van der Waals surface area (Å²) in [5, 5.41) is 24.0. The van der Waals surface area contributed by atoms with Crippen LogP contribution < -0.4 is 5.32 Å². The van der Waals surface area contributed by atoms with Crippen LogP contribution in [0.4, 0.5) is 32.0 Å². The third-order valence-electron chi connectivity index (χ3n) is 3.45. The summed E-state index contributed by atoms with van der Waals surface area (Å²) in [6, 6.07) is 3.72. The number of hydrogen-bond donors (Lipinski definition) is 2. The van der Waals surface area contributed by atoms with E-state index < -0.39 is 47.4 Å². The summed E-state index contributed by atoms with van der Waals surface area (Å²) in [5.74, 6) is -2.68. The number of rotatable bonds is 4. The summed E-state index contributed by atoms with van der Waals surface area (Å²) >= 11 is 0. The number of nitriles is 1. The van der Waals surface area contributed by atoms with Crippen molar-refractivity contribution in [3.63, 3.8) is 0 Å². The van der Waals surface area contributed by atoms with Crippen molar-refractivity contribution in [2.75, 3.05) is 5.32 Å². The molecule has 0 saturated heterocycles. The van der Waals surface area contributed by atoms with Gasteiger partial charge < -0.3 is 10.4 Å². The minimum absolute atomic E-state index is 0.369. The van der Waals surface area contributed by atoms with Gasteiger partial charge in [0.2, 0.25) is 0 Å². The minimum atomic E-state index is -4.86. The van der Waals surface area contributed by atoms with Crippen LogP contribution in [-0.2, 0) is 23.7 Å². The highest BCUT2D eigenvalue weighted by atomic mass is 19.4. The van der Waals surface area contributed by atoms with Crippen LogP contribution in [0.5, 0.6) is 0 Å². The number of amides is 1. The Hall–Kier alpha value is -3.14. The third-order valence-corrected chi connectivity index (χ3v) is 3.45. The van der Waals surface area contributed by atoms with Crippen LogP contribution in [0, 0.1) is 11.3 Å². The molecule has 150 valence electrons. The van der Waals surface area contributed by atoms with Crippen molar-refractivity contribution in [3.8, 4) is 6.07 Å². The first kappa shape index (κ1) is 21.2. The lowest BCUT2D eigenvalue weighted by Crippen LogP contribution is -2.44. The normalized spacial score (nSPS) is 14.2. The van der Waals surface area contributed by atoms with Crippen LogP contribution in [0.25, 0.3) is 0 Å². The van der Waals surface area contributed by atoms with Crippen LogP contribution >= 0.6 is 0 Å². The molecule has 2 rings (SSSR count). The number of alkyl halides is 6. The van der Waals surface area contributed by atoms with Crippen molar-refractivity contribution in [1.29, 1.82) is 5.26 Å². The van der Waals surface area contributed by atoms with E-state index in [1.807, 2.05) is 5.32 Å². The summed E-state index contributed by atoms with van der Waals surface area (Å²) in [4.78, 5) is 15.2. The molecule has 1 unspecified atom stereocenters. The van der Waals surface area contributed by atoms with Crippen molar-refractivity contribution in [2.24, 2.45) is 0 Å². The first-order valence-corrected chi connectivity index (χ1v) is 7.36. The number of halogens is 6. The van der Waals surface area contributed by atoms with Gasteiger partial charge in [0.15, 0.2) is 5.60 Å². The Bertz CT molecular complexity index is 926. The average molecular weight is 407 g/mol. The Balaban J connectivity index is 2.19. The quantitative estimate of drug-likeness (QED) is 0.759. The number of carbonyl (C=O) groups is 1. The van der Waals surface area contributed by atoms with Gasteiger partial charge in [-0.2, -0.15) is 31.6 Å². The Kier molecular flexibility index (Phi) is 5.38. The van der Waals surface area contributed by atoms with Gasteiger partial charge in [0.05, 0.1) is 23.7 Å². The third kappa shape index (κ3) is 4.77. The fraction of sp³-hybridized carbons (Fsp3) is 0.333. The molecular formula is C15H11F6N5O2. The van der Waals surface area contributed by atoms with Crippen molar-refractivity contribution in [1.82, 2.24) is 14.8 Å². The van der Waals surface area contributed by atoms with Crippen LogP contribution in [0.15, 0.2) is 24.5 Å². The average Bonchev–Trinajstić information content (AvgIpc) is 3.02. The molecule has 0 bridgehead atoms. The molecule has 2 N–H and O–H groups in total. The monoisotopic (exact) mass is 407 g/mol. The van der Waals surface area contributed by atoms with Gasteiger partial charge in [-0.1, -0.05) is 0 Å². The van der Waals surface area contributed by atoms with Crippen LogP contribution in [0.3, 0.4) is 0 Å². The van der Waals surface area contributed by atoms with E-state index in [1.54, 1.807) is 0 Å². The van der Waals surface area contributed by atoms with Gasteiger partial charge in [0.25, 0.3) is 11.7 Å². The summed E-state index contributed by atoms with van der Waals surface area (Å²) in [6.07, 6.45) is -9.03. The topological polar surface area (TPSA) is 104 Å². The van der Waals surface area contributed by atoms with Crippen molar-refractivity contribution in [2.45, 2.75) is 31.4 Å². The molecule has 0 aliphatic carbocycles. The molecule has 0 aliphatic rings. The molecule has 0 radical (unpaired) electrons. The maximum Gasteiger partial charge on any atom is 0.453 e. The lowest BCUT2D eigenvalue weighted by atomic mass is 10.0. The molecule has 1 aromatic carbocycles. The molecular weight excluding hydrogens is 396 g/mol. The molecule has 0 fully saturated rings. The number of carbonyl (C=O) groups excluding carboxylic acids is 1.